The summed E-state index contributed by atoms with van der Waals surface area (Å²) in [5.74, 6) is 0. The molecule has 1 unspecified atom stereocenters. The number of nitrogens with one attached hydrogen (secondary N) is 2. The van der Waals surface area contributed by atoms with E-state index in [1.54, 1.807) is 6.07 Å². The van der Waals surface area contributed by atoms with Gasteiger partial charge in [0.15, 0.2) is 5.43 Å². The van der Waals surface area contributed by atoms with Crippen LogP contribution in [0.25, 0.3) is 10.9 Å². The first-order valence-electron chi connectivity index (χ1n) is 7.71. The van der Waals surface area contributed by atoms with Crippen LogP contribution in [0.1, 0.15) is 37.9 Å². The molecule has 0 fully saturated rings. The third kappa shape index (κ3) is 3.66. The van der Waals surface area contributed by atoms with E-state index in [0.29, 0.717) is 10.4 Å². The minimum atomic E-state index is 0.117. The fraction of sp³-hybridized carbons (Fsp3) is 0.471. The van der Waals surface area contributed by atoms with Crippen LogP contribution in [-0.4, -0.2) is 18.1 Å². The van der Waals surface area contributed by atoms with Crippen molar-refractivity contribution in [3.05, 3.63) is 44.7 Å². The van der Waals surface area contributed by atoms with E-state index in [1.807, 2.05) is 19.1 Å². The molecule has 0 radical (unpaired) electrons. The van der Waals surface area contributed by atoms with Crippen LogP contribution >= 0.6 is 11.6 Å². The Morgan fingerprint density at radius 1 is 1.29 bits per heavy atom. The second-order valence-electron chi connectivity index (χ2n) is 5.63. The Hall–Kier alpha value is -1.32. The average molecular weight is 308 g/mol. The highest BCUT2D eigenvalue weighted by molar-refractivity contribution is 6.31. The molecule has 0 amide bonds. The molecule has 0 aliphatic carbocycles. The van der Waals surface area contributed by atoms with Crippen LogP contribution in [0, 0.1) is 6.92 Å². The zero-order chi connectivity index (χ0) is 15.4. The molecule has 0 aliphatic heterocycles. The third-order valence-corrected chi connectivity index (χ3v) is 4.32. The summed E-state index contributed by atoms with van der Waals surface area (Å²) in [6.45, 7) is 9.28. The number of aryl methyl sites for hydroxylation is 1. The lowest BCUT2D eigenvalue weighted by atomic mass is 10.1. The molecular weight excluding hydrogens is 284 g/mol. The highest BCUT2D eigenvalue weighted by Crippen LogP contribution is 2.16. The Labute approximate surface area is 130 Å². The predicted molar refractivity (Wildman–Crippen MR) is 89.3 cm³/mol. The van der Waals surface area contributed by atoms with E-state index in [9.17, 15) is 4.79 Å². The summed E-state index contributed by atoms with van der Waals surface area (Å²) in [5, 5.41) is 1.29. The van der Waals surface area contributed by atoms with E-state index in [-0.39, 0.29) is 5.43 Å². The second kappa shape index (κ2) is 7.10. The molecule has 3 nitrogen and oxygen atoms in total. The number of fused-ring (bicyclic) bond motifs is 1. The van der Waals surface area contributed by atoms with Gasteiger partial charge < -0.3 is 9.88 Å². The Balaban J connectivity index is 2.41. The van der Waals surface area contributed by atoms with Gasteiger partial charge in [-0.2, -0.15) is 0 Å². The van der Waals surface area contributed by atoms with Crippen LogP contribution < -0.4 is 10.3 Å². The number of hydrogen-bond donors (Lipinski definition) is 2. The summed E-state index contributed by atoms with van der Waals surface area (Å²) in [6.07, 6.45) is 2.38. The topological polar surface area (TPSA) is 37.3 Å². The molecule has 2 N–H and O–H groups in total. The van der Waals surface area contributed by atoms with E-state index < -0.39 is 0 Å². The number of benzene rings is 1. The van der Waals surface area contributed by atoms with Crippen molar-refractivity contribution in [1.29, 1.82) is 0 Å². The monoisotopic (exact) mass is 307 g/mol. The van der Waals surface area contributed by atoms with Crippen molar-refractivity contribution in [3.8, 4) is 0 Å². The highest BCUT2D eigenvalue weighted by Gasteiger charge is 2.15. The van der Waals surface area contributed by atoms with Crippen molar-refractivity contribution in [3.63, 3.8) is 0 Å². The van der Waals surface area contributed by atoms with Gasteiger partial charge in [-0.15, -0.1) is 0 Å². The molecule has 0 bridgehead atoms. The van der Waals surface area contributed by atoms with Crippen molar-refractivity contribution >= 4 is 22.5 Å². The Kier molecular flexibility index (Phi) is 5.43. The van der Waals surface area contributed by atoms with Crippen molar-refractivity contribution in [2.45, 2.75) is 40.2 Å². The molecular formula is C17H24ClN2O+. The summed E-state index contributed by atoms with van der Waals surface area (Å²) in [5.41, 5.74) is 2.83. The first-order chi connectivity index (χ1) is 10.1. The molecule has 1 aromatic carbocycles. The molecule has 1 heterocycles. The molecule has 21 heavy (non-hydrogen) atoms. The number of pyridine rings is 1. The van der Waals surface area contributed by atoms with Crippen LogP contribution in [-0.2, 0) is 6.54 Å². The molecule has 0 saturated heterocycles. The maximum absolute atomic E-state index is 12.7. The number of halogens is 1. The van der Waals surface area contributed by atoms with E-state index in [1.165, 1.54) is 17.7 Å². The quantitative estimate of drug-likeness (QED) is 0.846. The molecule has 2 aromatic rings. The van der Waals surface area contributed by atoms with Crippen LogP contribution in [0.5, 0.6) is 0 Å². The first-order valence-corrected chi connectivity index (χ1v) is 8.09. The lowest BCUT2D eigenvalue weighted by Gasteiger charge is -2.18. The third-order valence-electron chi connectivity index (χ3n) is 4.09. The van der Waals surface area contributed by atoms with Gasteiger partial charge in [-0.05, 0) is 38.5 Å². The summed E-state index contributed by atoms with van der Waals surface area (Å²) in [4.78, 5) is 17.5. The smallest absolute Gasteiger partial charge is 0.198 e. The van der Waals surface area contributed by atoms with E-state index in [2.05, 4.69) is 18.8 Å². The average Bonchev–Trinajstić information content (AvgIpc) is 2.47. The zero-order valence-electron chi connectivity index (χ0n) is 13.1. The molecule has 2 rings (SSSR count). The lowest BCUT2D eigenvalue weighted by molar-refractivity contribution is -0.912. The molecule has 0 spiro atoms. The number of H-pyrrole nitrogens is 1. The number of unbranched alkanes of at least 4 members (excludes halogenated alkanes) is 1. The van der Waals surface area contributed by atoms with Gasteiger partial charge in [0.2, 0.25) is 0 Å². The Morgan fingerprint density at radius 3 is 2.71 bits per heavy atom. The van der Waals surface area contributed by atoms with Crippen molar-refractivity contribution in [2.75, 3.05) is 13.1 Å². The fourth-order valence-electron chi connectivity index (χ4n) is 2.70. The maximum atomic E-state index is 12.7. The van der Waals surface area contributed by atoms with Gasteiger partial charge in [0, 0.05) is 21.6 Å². The lowest BCUT2D eigenvalue weighted by Crippen LogP contribution is -3.10. The Morgan fingerprint density at radius 2 is 2.05 bits per heavy atom. The summed E-state index contributed by atoms with van der Waals surface area (Å²) >= 11 is 6.03. The van der Waals surface area contributed by atoms with Gasteiger partial charge in [0.25, 0.3) is 0 Å². The summed E-state index contributed by atoms with van der Waals surface area (Å²) in [7, 11) is 0. The predicted octanol–water partition coefficient (Wildman–Crippen LogP) is 2.69. The van der Waals surface area contributed by atoms with Gasteiger partial charge in [-0.3, -0.25) is 4.79 Å². The second-order valence-corrected chi connectivity index (χ2v) is 6.07. The fourth-order valence-corrected chi connectivity index (χ4v) is 2.88. The Bertz CT molecular complexity index is 678. The molecule has 1 atom stereocenters. The molecule has 1 aromatic heterocycles. The van der Waals surface area contributed by atoms with Crippen molar-refractivity contribution in [2.24, 2.45) is 0 Å². The minimum Gasteiger partial charge on any atom is -0.358 e. The van der Waals surface area contributed by atoms with Crippen molar-refractivity contribution in [1.82, 2.24) is 4.98 Å². The summed E-state index contributed by atoms with van der Waals surface area (Å²) < 4.78 is 0. The van der Waals surface area contributed by atoms with Crippen molar-refractivity contribution < 1.29 is 4.90 Å². The van der Waals surface area contributed by atoms with E-state index >= 15 is 0 Å². The normalized spacial score (nSPS) is 12.8. The van der Waals surface area contributed by atoms with E-state index in [0.717, 1.165) is 36.4 Å². The van der Waals surface area contributed by atoms with Crippen LogP contribution in [0.3, 0.4) is 0 Å². The number of quaternary nitrogens is 1. The number of rotatable bonds is 6. The number of aromatic amines is 1. The SMILES string of the molecule is CCCC[NH+](CC)Cc1c(C)[nH]c2ccc(Cl)cc2c1=O. The van der Waals surface area contributed by atoms with Gasteiger partial charge in [0.1, 0.15) is 6.54 Å². The van der Waals surface area contributed by atoms with Crippen LogP contribution in [0.15, 0.2) is 23.0 Å². The van der Waals surface area contributed by atoms with Crippen LogP contribution in [0.4, 0.5) is 0 Å². The standard InChI is InChI=1S/C17H23ClN2O/c1-4-6-9-20(5-2)11-15-12(3)19-16-8-7-13(18)10-14(16)17(15)21/h7-8,10H,4-6,9,11H2,1-3H3,(H,19,21)/p+1. The maximum Gasteiger partial charge on any atom is 0.198 e. The largest absolute Gasteiger partial charge is 0.358 e. The first kappa shape index (κ1) is 16.1. The molecule has 0 aliphatic rings. The zero-order valence-corrected chi connectivity index (χ0v) is 13.8. The van der Waals surface area contributed by atoms with Gasteiger partial charge in [-0.25, -0.2) is 0 Å². The number of hydrogen-bond acceptors (Lipinski definition) is 1. The molecule has 4 heteroatoms. The van der Waals surface area contributed by atoms with Gasteiger partial charge in [0.05, 0.1) is 18.7 Å². The van der Waals surface area contributed by atoms with Gasteiger partial charge >= 0.3 is 0 Å². The number of aromatic nitrogens is 1. The minimum absolute atomic E-state index is 0.117. The summed E-state index contributed by atoms with van der Waals surface area (Å²) in [6, 6.07) is 5.44. The molecule has 0 saturated carbocycles. The van der Waals surface area contributed by atoms with E-state index in [4.69, 9.17) is 11.6 Å². The molecule has 114 valence electrons. The van der Waals surface area contributed by atoms with Gasteiger partial charge in [-0.1, -0.05) is 24.9 Å². The van der Waals surface area contributed by atoms with Crippen LogP contribution in [0.2, 0.25) is 5.02 Å². The highest BCUT2D eigenvalue weighted by atomic mass is 35.5.